The van der Waals surface area contributed by atoms with Crippen molar-refractivity contribution in [3.05, 3.63) is 29.8 Å². The molecule has 4 heteroatoms. The van der Waals surface area contributed by atoms with Gasteiger partial charge in [0.2, 0.25) is 0 Å². The number of hydrogen-bond donors (Lipinski definition) is 0. The monoisotopic (exact) mass is 296 g/mol. The fourth-order valence-corrected chi connectivity index (χ4v) is 4.49. The van der Waals surface area contributed by atoms with Crippen LogP contribution in [-0.2, 0) is 0 Å². The smallest absolute Gasteiger partial charge is 0.0351 e. The summed E-state index contributed by atoms with van der Waals surface area (Å²) < 4.78 is 0. The molecule has 0 N–H and O–H groups in total. The molecule has 19 heavy (non-hydrogen) atoms. The summed E-state index contributed by atoms with van der Waals surface area (Å²) in [6, 6.07) is 8.90. The number of benzene rings is 1. The van der Waals surface area contributed by atoms with Crippen molar-refractivity contribution in [1.82, 2.24) is 9.80 Å². The SMILES string of the molecule is ClCCN1CCN(CC2CSc3ccccc32)CC1. The van der Waals surface area contributed by atoms with Crippen molar-refractivity contribution < 1.29 is 0 Å². The second kappa shape index (κ2) is 6.49. The Morgan fingerprint density at radius 1 is 1.11 bits per heavy atom. The molecule has 0 radical (unpaired) electrons. The molecule has 1 atom stereocenters. The summed E-state index contributed by atoms with van der Waals surface area (Å²) in [6.45, 7) is 7.00. The Hall–Kier alpha value is -0.220. The van der Waals surface area contributed by atoms with Gasteiger partial charge in [0.25, 0.3) is 0 Å². The molecule has 1 fully saturated rings. The summed E-state index contributed by atoms with van der Waals surface area (Å²) >= 11 is 7.83. The van der Waals surface area contributed by atoms with E-state index in [1.807, 2.05) is 11.8 Å². The topological polar surface area (TPSA) is 6.48 Å². The van der Waals surface area contributed by atoms with Crippen LogP contribution in [0, 0.1) is 0 Å². The number of piperazine rings is 1. The summed E-state index contributed by atoms with van der Waals surface area (Å²) in [4.78, 5) is 6.59. The number of nitrogens with zero attached hydrogens (tertiary/aromatic N) is 2. The average Bonchev–Trinajstić information content (AvgIpc) is 2.85. The maximum absolute atomic E-state index is 5.81. The first-order valence-electron chi connectivity index (χ1n) is 7.09. The van der Waals surface area contributed by atoms with Crippen LogP contribution in [0.1, 0.15) is 11.5 Å². The number of thioether (sulfide) groups is 1. The van der Waals surface area contributed by atoms with Gasteiger partial charge in [-0.05, 0) is 11.6 Å². The minimum Gasteiger partial charge on any atom is -0.300 e. The van der Waals surface area contributed by atoms with E-state index in [0.29, 0.717) is 0 Å². The molecule has 2 heterocycles. The van der Waals surface area contributed by atoms with Gasteiger partial charge in [-0.15, -0.1) is 23.4 Å². The third-order valence-electron chi connectivity index (χ3n) is 4.14. The summed E-state index contributed by atoms with van der Waals surface area (Å²) in [5.74, 6) is 2.73. The van der Waals surface area contributed by atoms with E-state index < -0.39 is 0 Å². The van der Waals surface area contributed by atoms with Crippen LogP contribution in [0.5, 0.6) is 0 Å². The Morgan fingerprint density at radius 3 is 2.63 bits per heavy atom. The van der Waals surface area contributed by atoms with Crippen molar-refractivity contribution >= 4 is 23.4 Å². The molecule has 104 valence electrons. The Morgan fingerprint density at radius 2 is 1.84 bits per heavy atom. The fourth-order valence-electron chi connectivity index (χ4n) is 3.01. The number of hydrogen-bond acceptors (Lipinski definition) is 3. The zero-order chi connectivity index (χ0) is 13.1. The van der Waals surface area contributed by atoms with Crippen LogP contribution in [-0.4, -0.2) is 60.7 Å². The number of fused-ring (bicyclic) bond motifs is 1. The second-order valence-corrected chi connectivity index (χ2v) is 6.82. The van der Waals surface area contributed by atoms with Crippen LogP contribution < -0.4 is 0 Å². The summed E-state index contributed by atoms with van der Waals surface area (Å²) in [5, 5.41) is 0. The molecule has 3 rings (SSSR count). The normalized spacial score (nSPS) is 24.6. The van der Waals surface area contributed by atoms with Crippen molar-refractivity contribution in [2.24, 2.45) is 0 Å². The van der Waals surface area contributed by atoms with E-state index in [2.05, 4.69) is 34.1 Å². The van der Waals surface area contributed by atoms with Gasteiger partial charge in [-0.25, -0.2) is 0 Å². The highest BCUT2D eigenvalue weighted by atomic mass is 35.5. The Bertz CT molecular complexity index is 418. The average molecular weight is 297 g/mol. The van der Waals surface area contributed by atoms with Crippen molar-refractivity contribution in [1.29, 1.82) is 0 Å². The van der Waals surface area contributed by atoms with Gasteiger partial charge in [-0.1, -0.05) is 18.2 Å². The third-order valence-corrected chi connectivity index (χ3v) is 5.56. The van der Waals surface area contributed by atoms with Crippen LogP contribution in [0.15, 0.2) is 29.2 Å². The van der Waals surface area contributed by atoms with Gasteiger partial charge in [0.1, 0.15) is 0 Å². The largest absolute Gasteiger partial charge is 0.300 e. The van der Waals surface area contributed by atoms with Crippen LogP contribution in [0.2, 0.25) is 0 Å². The molecule has 1 aromatic rings. The van der Waals surface area contributed by atoms with E-state index >= 15 is 0 Å². The predicted molar refractivity (Wildman–Crippen MR) is 83.5 cm³/mol. The molecule has 1 unspecified atom stereocenters. The van der Waals surface area contributed by atoms with Gasteiger partial charge in [-0.3, -0.25) is 4.90 Å². The molecule has 0 bridgehead atoms. The van der Waals surface area contributed by atoms with Gasteiger partial charge < -0.3 is 4.90 Å². The minimum atomic E-state index is 0.723. The molecule has 0 saturated carbocycles. The molecule has 2 aliphatic rings. The highest BCUT2D eigenvalue weighted by molar-refractivity contribution is 7.99. The molecular weight excluding hydrogens is 276 g/mol. The van der Waals surface area contributed by atoms with Crippen molar-refractivity contribution in [3.8, 4) is 0 Å². The molecule has 1 saturated heterocycles. The zero-order valence-corrected chi connectivity index (χ0v) is 12.8. The van der Waals surface area contributed by atoms with Gasteiger partial charge in [0.15, 0.2) is 0 Å². The van der Waals surface area contributed by atoms with Gasteiger partial charge in [-0.2, -0.15) is 0 Å². The lowest BCUT2D eigenvalue weighted by molar-refractivity contribution is 0.134. The first kappa shape index (κ1) is 13.7. The van der Waals surface area contributed by atoms with E-state index in [1.54, 1.807) is 5.56 Å². The predicted octanol–water partition coefficient (Wildman–Crippen LogP) is 2.73. The molecular formula is C15H21ClN2S. The van der Waals surface area contributed by atoms with E-state index in [4.69, 9.17) is 11.6 Å². The Labute approximate surface area is 125 Å². The lowest BCUT2D eigenvalue weighted by atomic mass is 10.0. The van der Waals surface area contributed by atoms with Crippen LogP contribution in [0.3, 0.4) is 0 Å². The molecule has 0 amide bonds. The maximum Gasteiger partial charge on any atom is 0.0351 e. The minimum absolute atomic E-state index is 0.723. The molecule has 2 aliphatic heterocycles. The molecule has 1 aromatic carbocycles. The summed E-state index contributed by atoms with van der Waals surface area (Å²) in [7, 11) is 0. The van der Waals surface area contributed by atoms with Gasteiger partial charge >= 0.3 is 0 Å². The lowest BCUT2D eigenvalue weighted by Crippen LogP contribution is -2.47. The zero-order valence-electron chi connectivity index (χ0n) is 11.2. The first-order chi connectivity index (χ1) is 9.36. The number of alkyl halides is 1. The lowest BCUT2D eigenvalue weighted by Gasteiger charge is -2.35. The second-order valence-electron chi connectivity index (χ2n) is 5.38. The first-order valence-corrected chi connectivity index (χ1v) is 8.61. The Kier molecular flexibility index (Phi) is 4.69. The van der Waals surface area contributed by atoms with Crippen LogP contribution in [0.25, 0.3) is 0 Å². The molecule has 2 nitrogen and oxygen atoms in total. The van der Waals surface area contributed by atoms with Crippen molar-refractivity contribution in [2.75, 3.05) is 50.9 Å². The molecule has 0 spiro atoms. The van der Waals surface area contributed by atoms with Gasteiger partial charge in [0, 0.05) is 61.7 Å². The van der Waals surface area contributed by atoms with Crippen LogP contribution >= 0.6 is 23.4 Å². The van der Waals surface area contributed by atoms with Crippen molar-refractivity contribution in [3.63, 3.8) is 0 Å². The van der Waals surface area contributed by atoms with E-state index in [9.17, 15) is 0 Å². The quantitative estimate of drug-likeness (QED) is 0.789. The highest BCUT2D eigenvalue weighted by Gasteiger charge is 2.26. The number of rotatable bonds is 4. The van der Waals surface area contributed by atoms with E-state index in [0.717, 1.165) is 18.3 Å². The van der Waals surface area contributed by atoms with E-state index in [1.165, 1.54) is 43.4 Å². The maximum atomic E-state index is 5.81. The summed E-state index contributed by atoms with van der Waals surface area (Å²) in [6.07, 6.45) is 0. The van der Waals surface area contributed by atoms with Gasteiger partial charge in [0.05, 0.1) is 0 Å². The Balaban J connectivity index is 1.54. The molecule has 0 aliphatic carbocycles. The highest BCUT2D eigenvalue weighted by Crippen LogP contribution is 2.39. The van der Waals surface area contributed by atoms with Crippen molar-refractivity contribution in [2.45, 2.75) is 10.8 Å². The fraction of sp³-hybridized carbons (Fsp3) is 0.600. The molecule has 0 aromatic heterocycles. The van der Waals surface area contributed by atoms with E-state index in [-0.39, 0.29) is 0 Å². The summed E-state index contributed by atoms with van der Waals surface area (Å²) in [5.41, 5.74) is 1.57. The third kappa shape index (κ3) is 3.27. The number of halogens is 1. The standard InChI is InChI=1S/C15H21ClN2S/c16-5-6-17-7-9-18(10-8-17)11-13-12-19-15-4-2-1-3-14(13)15/h1-4,13H,5-12H2. The van der Waals surface area contributed by atoms with Crippen LogP contribution in [0.4, 0.5) is 0 Å².